The van der Waals surface area contributed by atoms with Crippen LogP contribution < -0.4 is 0 Å². The maximum atomic E-state index is 8.68. The Morgan fingerprint density at radius 2 is 1.35 bits per heavy atom. The molecule has 0 N–H and O–H groups in total. The van der Waals surface area contributed by atoms with Crippen LogP contribution in [0.5, 0.6) is 0 Å². The van der Waals surface area contributed by atoms with Gasteiger partial charge >= 0.3 is 0 Å². The lowest BCUT2D eigenvalue weighted by Crippen LogP contribution is -2.33. The van der Waals surface area contributed by atoms with Crippen molar-refractivity contribution >= 4 is 70.8 Å². The van der Waals surface area contributed by atoms with E-state index in [4.69, 9.17) is 10.5 Å². The molecule has 0 spiro atoms. The third-order valence-corrected chi connectivity index (χ3v) is 4.28. The highest BCUT2D eigenvalue weighted by Crippen LogP contribution is 2.35. The zero-order valence-electron chi connectivity index (χ0n) is 13.0. The average Bonchev–Trinajstić information content (AvgIpc) is 3.13. The molecule has 0 radical (unpaired) electrons. The van der Waals surface area contributed by atoms with Crippen molar-refractivity contribution < 1.29 is 0 Å². The van der Waals surface area contributed by atoms with Gasteiger partial charge in [0.1, 0.15) is 0 Å². The first kappa shape index (κ1) is 17.4. The molecule has 90 valence electrons. The molecule has 12 heteroatoms. The van der Waals surface area contributed by atoms with E-state index in [9.17, 15) is 0 Å². The quantitative estimate of drug-likeness (QED) is 0.259. The SMILES string of the molecule is BBBBBBBBBB1C(CCC#N)=C1CCC#N. The van der Waals surface area contributed by atoms with E-state index in [-0.39, 0.29) is 0 Å². The molecule has 0 unspecified atom stereocenters. The van der Waals surface area contributed by atoms with Crippen LogP contribution in [0.15, 0.2) is 10.9 Å². The number of allylic oxidation sites excluding steroid dienone is 2. The largest absolute Gasteiger partial charge is 0.198 e. The Balaban J connectivity index is 2.11. The maximum absolute atomic E-state index is 8.68. The van der Waals surface area contributed by atoms with Crippen molar-refractivity contribution in [1.29, 1.82) is 10.5 Å². The van der Waals surface area contributed by atoms with Crippen molar-refractivity contribution in [2.24, 2.45) is 0 Å². The van der Waals surface area contributed by atoms with E-state index in [1.54, 1.807) is 0 Å². The molecule has 0 atom stereocenters. The first-order valence-corrected chi connectivity index (χ1v) is 8.30. The van der Waals surface area contributed by atoms with Crippen molar-refractivity contribution in [2.75, 3.05) is 0 Å². The Morgan fingerprint density at radius 1 is 0.850 bits per heavy atom. The van der Waals surface area contributed by atoms with E-state index in [2.05, 4.69) is 19.9 Å². The van der Waals surface area contributed by atoms with Crippen LogP contribution in [0.3, 0.4) is 0 Å². The minimum Gasteiger partial charge on any atom is -0.198 e. The summed E-state index contributed by atoms with van der Waals surface area (Å²) in [6, 6.07) is 4.47. The highest BCUT2D eigenvalue weighted by atomic mass is 14.2. The predicted molar refractivity (Wildman–Crippen MR) is 108 cm³/mol. The molecule has 1 rings (SSSR count). The molecule has 0 fully saturated rings. The molecule has 0 saturated heterocycles. The van der Waals surface area contributed by atoms with Crippen molar-refractivity contribution in [1.82, 2.24) is 0 Å². The number of hydrogen-bond donors (Lipinski definition) is 0. The summed E-state index contributed by atoms with van der Waals surface area (Å²) < 4.78 is 0. The summed E-state index contributed by atoms with van der Waals surface area (Å²) in [4.78, 5) is 0. The normalized spacial score (nSPS) is 11.6. The molecule has 0 aliphatic carbocycles. The fourth-order valence-corrected chi connectivity index (χ4v) is 3.08. The molecule has 1 heterocycles. The van der Waals surface area contributed by atoms with Crippen LogP contribution >= 0.6 is 0 Å². The third-order valence-electron chi connectivity index (χ3n) is 4.28. The predicted octanol–water partition coefficient (Wildman–Crippen LogP) is -4.58. The van der Waals surface area contributed by atoms with Crippen LogP contribution in [0.25, 0.3) is 0 Å². The summed E-state index contributed by atoms with van der Waals surface area (Å²) in [5.41, 5.74) is 3.01. The lowest BCUT2D eigenvalue weighted by atomic mass is 8.88. The van der Waals surface area contributed by atoms with Gasteiger partial charge in [-0.25, -0.2) is 0 Å². The van der Waals surface area contributed by atoms with E-state index in [0.717, 1.165) is 12.8 Å². The molecule has 0 aromatic heterocycles. The highest BCUT2D eigenvalue weighted by Gasteiger charge is 2.37. The molecule has 1 aliphatic rings. The van der Waals surface area contributed by atoms with Gasteiger partial charge < -0.3 is 0 Å². The van der Waals surface area contributed by atoms with Crippen LogP contribution in [-0.2, 0) is 0 Å². The lowest BCUT2D eigenvalue weighted by Gasteiger charge is -1.94. The Kier molecular flexibility index (Phi) is 9.65. The fourth-order valence-electron chi connectivity index (χ4n) is 3.08. The van der Waals surface area contributed by atoms with Gasteiger partial charge in [-0.15, -0.1) is 10.9 Å². The molecule has 0 aromatic rings. The molecule has 0 saturated carbocycles. The van der Waals surface area contributed by atoms with Gasteiger partial charge in [-0.3, -0.25) is 0 Å². The van der Waals surface area contributed by atoms with Crippen molar-refractivity contribution in [3.05, 3.63) is 10.9 Å². The smallest absolute Gasteiger partial charge is 0.153 e. The lowest BCUT2D eigenvalue weighted by molar-refractivity contribution is 1.01. The summed E-state index contributed by atoms with van der Waals surface area (Å²) >= 11 is 0. The van der Waals surface area contributed by atoms with Gasteiger partial charge in [0.05, 0.1) is 26.9 Å². The number of nitrogens with zero attached hydrogens (tertiary/aromatic N) is 2. The summed E-state index contributed by atoms with van der Waals surface area (Å²) in [5.74, 6) is 0. The minimum atomic E-state index is 0.638. The summed E-state index contributed by atoms with van der Waals surface area (Å²) in [6.07, 6.45) is 3.16. The van der Waals surface area contributed by atoms with E-state index in [1.165, 1.54) is 67.4 Å². The van der Waals surface area contributed by atoms with Gasteiger partial charge in [0.25, 0.3) is 0 Å². The highest BCUT2D eigenvalue weighted by molar-refractivity contribution is 7.70. The first-order valence-electron chi connectivity index (χ1n) is 8.30. The summed E-state index contributed by atoms with van der Waals surface area (Å²) in [6.45, 7) is 0.660. The maximum Gasteiger partial charge on any atom is 0.153 e. The van der Waals surface area contributed by atoms with Crippen molar-refractivity contribution in [2.45, 2.75) is 25.7 Å². The van der Waals surface area contributed by atoms with Gasteiger partial charge in [0.15, 0.2) is 6.60 Å². The summed E-state index contributed by atoms with van der Waals surface area (Å²) in [7, 11) is 13.0. The zero-order valence-corrected chi connectivity index (χ0v) is 13.0. The van der Waals surface area contributed by atoms with E-state index in [1.807, 2.05) is 0 Å². The van der Waals surface area contributed by atoms with Crippen LogP contribution in [-0.4, -0.2) is 70.8 Å². The van der Waals surface area contributed by atoms with Gasteiger partial charge in [-0.05, 0) is 12.8 Å². The minimum absolute atomic E-state index is 0.638. The Bertz CT molecular complexity index is 371. The molecular formula is C8H18B10N2. The molecule has 0 aromatic carbocycles. The van der Waals surface area contributed by atoms with Crippen LogP contribution in [0.4, 0.5) is 0 Å². The Morgan fingerprint density at radius 3 is 1.85 bits per heavy atom. The van der Waals surface area contributed by atoms with E-state index < -0.39 is 0 Å². The Hall–Kier alpha value is -0.631. The molecule has 2 nitrogen and oxygen atoms in total. The third kappa shape index (κ3) is 6.69. The number of nitriles is 2. The molecule has 0 bridgehead atoms. The standard InChI is InChI=1S/C8H18B10N2/c9-10-11-12-13-14-15-16-17-18-7(3-1-5-19)8(18)4-2-6-20/h10-17H,1-4,9H2. The molecule has 0 amide bonds. The average molecular weight is 250 g/mol. The van der Waals surface area contributed by atoms with Gasteiger partial charge in [-0.2, -0.15) is 10.5 Å². The van der Waals surface area contributed by atoms with E-state index >= 15 is 0 Å². The topological polar surface area (TPSA) is 47.6 Å². The van der Waals surface area contributed by atoms with Crippen LogP contribution in [0.1, 0.15) is 25.7 Å². The van der Waals surface area contributed by atoms with Crippen molar-refractivity contribution in [3.8, 4) is 12.1 Å². The van der Waals surface area contributed by atoms with Crippen LogP contribution in [0.2, 0.25) is 0 Å². The summed E-state index contributed by atoms with van der Waals surface area (Å²) in [5, 5.41) is 17.4. The second-order valence-electron chi connectivity index (χ2n) is 5.83. The van der Waals surface area contributed by atoms with Gasteiger partial charge in [0, 0.05) is 62.3 Å². The second-order valence-corrected chi connectivity index (χ2v) is 5.83. The first-order chi connectivity index (χ1) is 9.85. The van der Waals surface area contributed by atoms with Gasteiger partial charge in [0.2, 0.25) is 0 Å². The molecule has 1 aliphatic heterocycles. The molecule has 20 heavy (non-hydrogen) atoms. The zero-order chi connectivity index (χ0) is 14.6. The van der Waals surface area contributed by atoms with E-state index in [0.29, 0.717) is 19.4 Å². The second kappa shape index (κ2) is 11.1. The number of rotatable bonds is 12. The van der Waals surface area contributed by atoms with Crippen molar-refractivity contribution in [3.63, 3.8) is 0 Å². The Labute approximate surface area is 130 Å². The molecular weight excluding hydrogens is 232 g/mol. The van der Waals surface area contributed by atoms with Crippen LogP contribution in [0, 0.1) is 22.7 Å². The van der Waals surface area contributed by atoms with Gasteiger partial charge in [-0.1, -0.05) is 0 Å². The fraction of sp³-hybridized carbons (Fsp3) is 0.500. The monoisotopic (exact) mass is 252 g/mol. The number of hydrogen-bond acceptors (Lipinski definition) is 2.